The molecular formula is C12H14ClFN2O. The first-order valence-corrected chi connectivity index (χ1v) is 6.14. The van der Waals surface area contributed by atoms with Crippen LogP contribution in [0.15, 0.2) is 12.3 Å². The lowest BCUT2D eigenvalue weighted by Crippen LogP contribution is -2.27. The zero-order chi connectivity index (χ0) is 12.3. The van der Waals surface area contributed by atoms with Crippen molar-refractivity contribution in [2.75, 3.05) is 6.54 Å². The molecule has 2 rings (SSSR count). The van der Waals surface area contributed by atoms with E-state index in [1.165, 1.54) is 19.3 Å². The van der Waals surface area contributed by atoms with Crippen LogP contribution in [0.25, 0.3) is 0 Å². The van der Waals surface area contributed by atoms with E-state index >= 15 is 0 Å². The fourth-order valence-electron chi connectivity index (χ4n) is 1.85. The lowest BCUT2D eigenvalue weighted by molar-refractivity contribution is 0.0948. The molecule has 1 aromatic rings. The van der Waals surface area contributed by atoms with Crippen LogP contribution in [0.3, 0.4) is 0 Å². The molecule has 1 fully saturated rings. The Balaban J connectivity index is 1.87. The number of amides is 1. The fourth-order valence-corrected chi connectivity index (χ4v) is 2.04. The molecule has 1 N–H and O–H groups in total. The Hall–Kier alpha value is -1.16. The van der Waals surface area contributed by atoms with Crippen molar-refractivity contribution in [1.82, 2.24) is 10.3 Å². The number of carbonyl (C=O) groups is 1. The SMILES string of the molecule is O=C(NCCC1CCC1)c1cc(F)cnc1Cl. The summed E-state index contributed by atoms with van der Waals surface area (Å²) in [6.45, 7) is 0.607. The second kappa shape index (κ2) is 5.45. The molecule has 1 aromatic heterocycles. The van der Waals surface area contributed by atoms with Gasteiger partial charge in [0.25, 0.3) is 5.91 Å². The van der Waals surface area contributed by atoms with Crippen LogP contribution in [0, 0.1) is 11.7 Å². The highest BCUT2D eigenvalue weighted by Gasteiger charge is 2.18. The average Bonchev–Trinajstić information content (AvgIpc) is 2.25. The Morgan fingerprint density at radius 1 is 1.59 bits per heavy atom. The van der Waals surface area contributed by atoms with Crippen LogP contribution in [0.2, 0.25) is 5.15 Å². The maximum absolute atomic E-state index is 12.9. The first-order chi connectivity index (χ1) is 8.16. The van der Waals surface area contributed by atoms with Crippen molar-refractivity contribution in [1.29, 1.82) is 0 Å². The molecule has 0 aliphatic heterocycles. The lowest BCUT2D eigenvalue weighted by Gasteiger charge is -2.25. The molecule has 0 bridgehead atoms. The van der Waals surface area contributed by atoms with E-state index < -0.39 is 5.82 Å². The Bertz CT molecular complexity index is 421. The summed E-state index contributed by atoms with van der Waals surface area (Å²) in [4.78, 5) is 15.3. The summed E-state index contributed by atoms with van der Waals surface area (Å²) in [5, 5.41) is 2.77. The number of carbonyl (C=O) groups excluding carboxylic acids is 1. The second-order valence-electron chi connectivity index (χ2n) is 4.33. The van der Waals surface area contributed by atoms with E-state index in [9.17, 15) is 9.18 Å². The van der Waals surface area contributed by atoms with Crippen LogP contribution in [0.5, 0.6) is 0 Å². The Morgan fingerprint density at radius 3 is 3.00 bits per heavy atom. The molecule has 0 aromatic carbocycles. The quantitative estimate of drug-likeness (QED) is 0.842. The van der Waals surface area contributed by atoms with Crippen molar-refractivity contribution in [2.45, 2.75) is 25.7 Å². The van der Waals surface area contributed by atoms with E-state index in [1.54, 1.807) is 0 Å². The summed E-state index contributed by atoms with van der Waals surface area (Å²) < 4.78 is 12.9. The number of pyridine rings is 1. The van der Waals surface area contributed by atoms with E-state index in [0.29, 0.717) is 6.54 Å². The van der Waals surface area contributed by atoms with Crippen LogP contribution in [-0.4, -0.2) is 17.4 Å². The van der Waals surface area contributed by atoms with E-state index in [1.807, 2.05) is 0 Å². The van der Waals surface area contributed by atoms with Gasteiger partial charge in [-0.25, -0.2) is 9.37 Å². The standard InChI is InChI=1S/C12H14ClFN2O/c13-11-10(6-9(14)7-16-11)12(17)15-5-4-8-2-1-3-8/h6-8H,1-5H2,(H,15,17). The third kappa shape index (κ3) is 3.16. The number of hydrogen-bond acceptors (Lipinski definition) is 2. The smallest absolute Gasteiger partial charge is 0.254 e. The van der Waals surface area contributed by atoms with E-state index in [0.717, 1.165) is 24.6 Å². The number of halogens is 2. The first kappa shape index (κ1) is 12.3. The largest absolute Gasteiger partial charge is 0.352 e. The number of hydrogen-bond donors (Lipinski definition) is 1. The van der Waals surface area contributed by atoms with Crippen molar-refractivity contribution in [3.05, 3.63) is 28.8 Å². The zero-order valence-electron chi connectivity index (χ0n) is 9.38. The van der Waals surface area contributed by atoms with Gasteiger partial charge in [-0.2, -0.15) is 0 Å². The first-order valence-electron chi connectivity index (χ1n) is 5.76. The molecule has 0 spiro atoms. The molecule has 0 atom stereocenters. The highest BCUT2D eigenvalue weighted by molar-refractivity contribution is 6.32. The summed E-state index contributed by atoms with van der Waals surface area (Å²) in [6, 6.07) is 1.11. The van der Waals surface area contributed by atoms with Crippen molar-refractivity contribution < 1.29 is 9.18 Å². The molecule has 1 aliphatic carbocycles. The Kier molecular flexibility index (Phi) is 3.94. The minimum absolute atomic E-state index is 0.0348. The molecular weight excluding hydrogens is 243 g/mol. The van der Waals surface area contributed by atoms with Crippen molar-refractivity contribution in [3.63, 3.8) is 0 Å². The third-order valence-electron chi connectivity index (χ3n) is 3.11. The van der Waals surface area contributed by atoms with Crippen LogP contribution in [0.1, 0.15) is 36.0 Å². The van der Waals surface area contributed by atoms with Gasteiger partial charge in [-0.1, -0.05) is 30.9 Å². The van der Waals surface area contributed by atoms with Gasteiger partial charge in [-0.15, -0.1) is 0 Å². The van der Waals surface area contributed by atoms with Crippen LogP contribution >= 0.6 is 11.6 Å². The van der Waals surface area contributed by atoms with Crippen LogP contribution in [0.4, 0.5) is 4.39 Å². The summed E-state index contributed by atoms with van der Waals surface area (Å²) in [7, 11) is 0. The van der Waals surface area contributed by atoms with Gasteiger partial charge in [-0.3, -0.25) is 4.79 Å². The lowest BCUT2D eigenvalue weighted by atomic mass is 9.83. The summed E-state index contributed by atoms with van der Waals surface area (Å²) in [5.41, 5.74) is 0.0975. The molecule has 1 heterocycles. The van der Waals surface area contributed by atoms with Crippen molar-refractivity contribution >= 4 is 17.5 Å². The van der Waals surface area contributed by atoms with Crippen molar-refractivity contribution in [3.8, 4) is 0 Å². The molecule has 1 saturated carbocycles. The molecule has 92 valence electrons. The number of nitrogens with zero attached hydrogens (tertiary/aromatic N) is 1. The maximum Gasteiger partial charge on any atom is 0.254 e. The highest BCUT2D eigenvalue weighted by atomic mass is 35.5. The second-order valence-corrected chi connectivity index (χ2v) is 4.69. The normalized spacial score (nSPS) is 15.4. The third-order valence-corrected chi connectivity index (χ3v) is 3.41. The minimum atomic E-state index is -0.557. The van der Waals surface area contributed by atoms with Gasteiger partial charge in [-0.05, 0) is 18.4 Å². The van der Waals surface area contributed by atoms with Crippen molar-refractivity contribution in [2.24, 2.45) is 5.92 Å². The highest BCUT2D eigenvalue weighted by Crippen LogP contribution is 2.28. The molecule has 0 unspecified atom stereocenters. The maximum atomic E-state index is 12.9. The molecule has 1 amide bonds. The molecule has 5 heteroatoms. The molecule has 0 radical (unpaired) electrons. The summed E-state index contributed by atoms with van der Waals surface area (Å²) >= 11 is 5.73. The molecule has 1 aliphatic rings. The van der Waals surface area contributed by atoms with Crippen LogP contribution < -0.4 is 5.32 Å². The van der Waals surface area contributed by atoms with E-state index in [2.05, 4.69) is 10.3 Å². The van der Waals surface area contributed by atoms with Gasteiger partial charge in [0.05, 0.1) is 11.8 Å². The summed E-state index contributed by atoms with van der Waals surface area (Å²) in [6.07, 6.45) is 5.76. The molecule has 17 heavy (non-hydrogen) atoms. The van der Waals surface area contributed by atoms with Gasteiger partial charge in [0, 0.05) is 6.54 Å². The van der Waals surface area contributed by atoms with Gasteiger partial charge < -0.3 is 5.32 Å². The van der Waals surface area contributed by atoms with E-state index in [4.69, 9.17) is 11.6 Å². The zero-order valence-corrected chi connectivity index (χ0v) is 10.1. The average molecular weight is 257 g/mol. The fraction of sp³-hybridized carbons (Fsp3) is 0.500. The number of nitrogens with one attached hydrogen (secondary N) is 1. The monoisotopic (exact) mass is 256 g/mol. The Labute approximate surface area is 104 Å². The van der Waals surface area contributed by atoms with Gasteiger partial charge in [0.2, 0.25) is 0 Å². The molecule has 0 saturated heterocycles. The number of aromatic nitrogens is 1. The van der Waals surface area contributed by atoms with Gasteiger partial charge in [0.15, 0.2) is 0 Å². The van der Waals surface area contributed by atoms with Crippen LogP contribution in [-0.2, 0) is 0 Å². The number of rotatable bonds is 4. The predicted octanol–water partition coefficient (Wildman–Crippen LogP) is 2.79. The Morgan fingerprint density at radius 2 is 2.35 bits per heavy atom. The van der Waals surface area contributed by atoms with Gasteiger partial charge >= 0.3 is 0 Å². The summed E-state index contributed by atoms with van der Waals surface area (Å²) in [5.74, 6) is -0.184. The van der Waals surface area contributed by atoms with E-state index in [-0.39, 0.29) is 16.6 Å². The predicted molar refractivity (Wildman–Crippen MR) is 63.5 cm³/mol. The van der Waals surface area contributed by atoms with Gasteiger partial charge in [0.1, 0.15) is 11.0 Å². The molecule has 3 nitrogen and oxygen atoms in total. The topological polar surface area (TPSA) is 42.0 Å². The minimum Gasteiger partial charge on any atom is -0.352 e.